The van der Waals surface area contributed by atoms with Crippen LogP contribution in [0, 0.1) is 10.1 Å². The van der Waals surface area contributed by atoms with Crippen LogP contribution in [0.25, 0.3) is 0 Å². The summed E-state index contributed by atoms with van der Waals surface area (Å²) >= 11 is 0. The molecule has 0 atom stereocenters. The van der Waals surface area contributed by atoms with Crippen LogP contribution in [0.2, 0.25) is 0 Å². The Labute approximate surface area is 204 Å². The van der Waals surface area contributed by atoms with Gasteiger partial charge in [0, 0.05) is 17.3 Å². The van der Waals surface area contributed by atoms with Gasteiger partial charge in [-0.25, -0.2) is 8.42 Å². The van der Waals surface area contributed by atoms with Gasteiger partial charge in [0.15, 0.2) is 0 Å². The summed E-state index contributed by atoms with van der Waals surface area (Å²) in [5, 5.41) is 11.1. The Bertz CT molecular complexity index is 1460. The lowest BCUT2D eigenvalue weighted by Crippen LogP contribution is -2.30. The summed E-state index contributed by atoms with van der Waals surface area (Å²) in [6, 6.07) is 9.18. The zero-order chi connectivity index (χ0) is 27.6. The van der Waals surface area contributed by atoms with E-state index in [2.05, 4.69) is 5.43 Å². The Hall–Kier alpha value is -4.34. The fraction of sp³-hybridized carbons (Fsp3) is 0.0952. The highest BCUT2D eigenvalue weighted by Gasteiger charge is 2.33. The smallest absolute Gasteiger partial charge is 0.292 e. The van der Waals surface area contributed by atoms with Gasteiger partial charge in [0.25, 0.3) is 21.6 Å². The number of hydrogen-bond donors (Lipinski definition) is 3. The summed E-state index contributed by atoms with van der Waals surface area (Å²) in [6.07, 6.45) is -9.56. The zero-order valence-corrected chi connectivity index (χ0v) is 18.8. The molecule has 1 amide bonds. The Morgan fingerprint density at radius 1 is 0.838 bits per heavy atom. The quantitative estimate of drug-likeness (QED) is 0.212. The average molecular weight is 548 g/mol. The van der Waals surface area contributed by atoms with Crippen molar-refractivity contribution in [3.05, 3.63) is 93.5 Å². The van der Waals surface area contributed by atoms with Gasteiger partial charge < -0.3 is 0 Å². The third-order valence-corrected chi connectivity index (χ3v) is 6.06. The van der Waals surface area contributed by atoms with Gasteiger partial charge in [0.2, 0.25) is 0 Å². The summed E-state index contributed by atoms with van der Waals surface area (Å²) in [6.45, 7) is 0. The first-order valence-electron chi connectivity index (χ1n) is 9.80. The van der Waals surface area contributed by atoms with Crippen molar-refractivity contribution in [1.82, 2.24) is 5.43 Å². The topological polar surface area (TPSA) is 130 Å². The zero-order valence-electron chi connectivity index (χ0n) is 18.0. The predicted octanol–water partition coefficient (Wildman–Crippen LogP) is 5.19. The minimum atomic E-state index is -4.85. The maximum absolute atomic E-state index is 12.9. The molecule has 3 N–H and O–H groups in total. The molecule has 16 heteroatoms. The van der Waals surface area contributed by atoms with Crippen LogP contribution in [0.1, 0.15) is 21.5 Å². The molecule has 0 aromatic heterocycles. The molecule has 196 valence electrons. The van der Waals surface area contributed by atoms with Crippen molar-refractivity contribution in [3.8, 4) is 0 Å². The molecule has 0 fully saturated rings. The number of nitrogens with one attached hydrogen (secondary N) is 3. The van der Waals surface area contributed by atoms with E-state index in [0.29, 0.717) is 12.1 Å². The van der Waals surface area contributed by atoms with Gasteiger partial charge in [-0.05, 0) is 48.5 Å². The number of alkyl halides is 6. The van der Waals surface area contributed by atoms with Crippen LogP contribution < -0.4 is 15.6 Å². The lowest BCUT2D eigenvalue weighted by Gasteiger charge is -2.13. The van der Waals surface area contributed by atoms with Crippen molar-refractivity contribution < 1.29 is 44.5 Å². The number of nitro benzene ring substituents is 1. The van der Waals surface area contributed by atoms with Crippen molar-refractivity contribution in [1.29, 1.82) is 0 Å². The van der Waals surface area contributed by atoms with Gasteiger partial charge in [0.1, 0.15) is 5.69 Å². The second-order valence-corrected chi connectivity index (χ2v) is 8.96. The van der Waals surface area contributed by atoms with E-state index in [4.69, 9.17) is 0 Å². The van der Waals surface area contributed by atoms with Gasteiger partial charge in [-0.1, -0.05) is 12.1 Å². The Morgan fingerprint density at radius 2 is 1.46 bits per heavy atom. The number of carbonyl (C=O) groups excluding carboxylic acids is 1. The van der Waals surface area contributed by atoms with Crippen molar-refractivity contribution in [2.24, 2.45) is 0 Å². The lowest BCUT2D eigenvalue weighted by molar-refractivity contribution is -0.384. The molecule has 3 aromatic rings. The van der Waals surface area contributed by atoms with E-state index in [1.807, 2.05) is 10.1 Å². The van der Waals surface area contributed by atoms with Crippen LogP contribution in [-0.4, -0.2) is 19.2 Å². The van der Waals surface area contributed by atoms with Crippen LogP contribution in [0.15, 0.2) is 71.6 Å². The largest absolute Gasteiger partial charge is 0.416 e. The SMILES string of the molecule is O=C(NNc1ccc(C(F)(F)F)cc1[N+](=O)[O-])c1cccc(S(=O)(=O)Nc2cccc(C(F)(F)F)c2)c1. The Morgan fingerprint density at radius 3 is 2.08 bits per heavy atom. The normalized spacial score (nSPS) is 12.1. The van der Waals surface area contributed by atoms with Crippen LogP contribution in [0.4, 0.5) is 43.4 Å². The highest BCUT2D eigenvalue weighted by Crippen LogP contribution is 2.35. The van der Waals surface area contributed by atoms with E-state index in [0.717, 1.165) is 48.5 Å². The minimum Gasteiger partial charge on any atom is -0.292 e. The number of sulfonamides is 1. The van der Waals surface area contributed by atoms with Gasteiger partial charge in [-0.15, -0.1) is 0 Å². The molecule has 9 nitrogen and oxygen atoms in total. The number of nitrogens with zero attached hydrogens (tertiary/aromatic N) is 1. The number of halogens is 6. The molecule has 0 saturated carbocycles. The predicted molar refractivity (Wildman–Crippen MR) is 118 cm³/mol. The number of rotatable bonds is 7. The van der Waals surface area contributed by atoms with Gasteiger partial charge in [-0.2, -0.15) is 26.3 Å². The summed E-state index contributed by atoms with van der Waals surface area (Å²) in [5.41, 5.74) is -0.426. The molecule has 0 radical (unpaired) electrons. The van der Waals surface area contributed by atoms with E-state index in [-0.39, 0.29) is 17.3 Å². The molecule has 37 heavy (non-hydrogen) atoms. The molecule has 0 aliphatic carbocycles. The fourth-order valence-electron chi connectivity index (χ4n) is 2.94. The first kappa shape index (κ1) is 27.3. The van der Waals surface area contributed by atoms with Crippen LogP contribution in [0.3, 0.4) is 0 Å². The van der Waals surface area contributed by atoms with E-state index >= 15 is 0 Å². The average Bonchev–Trinajstić information content (AvgIpc) is 2.81. The third kappa shape index (κ3) is 6.66. The lowest BCUT2D eigenvalue weighted by atomic mass is 10.1. The third-order valence-electron chi connectivity index (χ3n) is 4.68. The summed E-state index contributed by atoms with van der Waals surface area (Å²) in [7, 11) is -4.45. The van der Waals surface area contributed by atoms with Gasteiger partial charge >= 0.3 is 12.4 Å². The van der Waals surface area contributed by atoms with Crippen molar-refractivity contribution >= 4 is 33.0 Å². The summed E-state index contributed by atoms with van der Waals surface area (Å²) in [4.78, 5) is 22.0. The van der Waals surface area contributed by atoms with Crippen LogP contribution in [-0.2, 0) is 22.4 Å². The van der Waals surface area contributed by atoms with Crippen molar-refractivity contribution in [3.63, 3.8) is 0 Å². The van der Waals surface area contributed by atoms with Crippen molar-refractivity contribution in [2.75, 3.05) is 10.1 Å². The second-order valence-electron chi connectivity index (χ2n) is 7.28. The molecule has 3 rings (SSSR count). The maximum atomic E-state index is 12.9. The molecule has 0 unspecified atom stereocenters. The number of amides is 1. The van der Waals surface area contributed by atoms with Crippen LogP contribution in [0.5, 0.6) is 0 Å². The minimum absolute atomic E-state index is 0.265. The molecule has 0 aliphatic rings. The molecular weight excluding hydrogens is 534 g/mol. The molecule has 0 spiro atoms. The Kier molecular flexibility index (Phi) is 7.34. The molecule has 0 heterocycles. The second kappa shape index (κ2) is 9.96. The van der Waals surface area contributed by atoms with E-state index in [1.54, 1.807) is 0 Å². The molecule has 0 aliphatic heterocycles. The molecule has 0 saturated heterocycles. The number of benzene rings is 3. The number of carbonyl (C=O) groups is 1. The van der Waals surface area contributed by atoms with Gasteiger partial charge in [-0.3, -0.25) is 30.5 Å². The highest BCUT2D eigenvalue weighted by atomic mass is 32.2. The fourth-order valence-corrected chi connectivity index (χ4v) is 4.03. The first-order chi connectivity index (χ1) is 17.1. The van der Waals surface area contributed by atoms with Gasteiger partial charge in [0.05, 0.1) is 20.9 Å². The molecule has 0 bridgehead atoms. The van der Waals surface area contributed by atoms with Crippen LogP contribution >= 0.6 is 0 Å². The van der Waals surface area contributed by atoms with E-state index in [1.165, 1.54) is 0 Å². The number of anilines is 2. The van der Waals surface area contributed by atoms with E-state index in [9.17, 15) is 49.7 Å². The van der Waals surface area contributed by atoms with E-state index < -0.39 is 60.6 Å². The number of hydrazine groups is 1. The number of nitro groups is 1. The summed E-state index contributed by atoms with van der Waals surface area (Å²) < 4.78 is 104. The highest BCUT2D eigenvalue weighted by molar-refractivity contribution is 7.92. The monoisotopic (exact) mass is 548 g/mol. The standard InChI is InChI=1S/C21H14F6N4O5S/c22-20(23,24)13-4-2-5-15(10-13)30-37(35,36)16-6-1-3-12(9-16)19(32)29-28-17-8-7-14(21(25,26)27)11-18(17)31(33)34/h1-11,28,30H,(H,29,32). The maximum Gasteiger partial charge on any atom is 0.416 e. The first-order valence-corrected chi connectivity index (χ1v) is 11.3. The Balaban J connectivity index is 1.79. The molecule has 3 aromatic carbocycles. The number of hydrogen-bond acceptors (Lipinski definition) is 6. The summed E-state index contributed by atoms with van der Waals surface area (Å²) in [5.74, 6) is -1.02. The molecular formula is C21H14F6N4O5S. The van der Waals surface area contributed by atoms with Crippen molar-refractivity contribution in [2.45, 2.75) is 17.2 Å².